The summed E-state index contributed by atoms with van der Waals surface area (Å²) in [4.78, 5) is 17.8. The third kappa shape index (κ3) is 11.2. The first-order valence-electron chi connectivity index (χ1n) is 19.6. The summed E-state index contributed by atoms with van der Waals surface area (Å²) < 4.78 is 24.8. The lowest BCUT2D eigenvalue weighted by Gasteiger charge is -2.40. The molecule has 0 bridgehead atoms. The zero-order chi connectivity index (χ0) is 37.5. The van der Waals surface area contributed by atoms with E-state index in [1.54, 1.807) is 26.4 Å². The summed E-state index contributed by atoms with van der Waals surface area (Å²) in [5, 5.41) is 3.17. The number of nitrogens with one attached hydrogen (secondary N) is 1. The van der Waals surface area contributed by atoms with E-state index in [0.29, 0.717) is 25.4 Å². The lowest BCUT2D eigenvalue weighted by atomic mass is 9.68. The van der Waals surface area contributed by atoms with Crippen molar-refractivity contribution in [2.75, 3.05) is 54.5 Å². The minimum atomic E-state index is -0.257. The lowest BCUT2D eigenvalue weighted by molar-refractivity contribution is -0.121. The Balaban J connectivity index is 1.30. The van der Waals surface area contributed by atoms with E-state index in [4.69, 9.17) is 9.47 Å². The van der Waals surface area contributed by atoms with Gasteiger partial charge in [0.25, 0.3) is 0 Å². The highest BCUT2D eigenvalue weighted by Crippen LogP contribution is 2.43. The number of ether oxygens (including phenoxy) is 2. The smallest absolute Gasteiger partial charge is 0.220 e. The van der Waals surface area contributed by atoms with Crippen LogP contribution in [-0.4, -0.2) is 70.2 Å². The zero-order valence-corrected chi connectivity index (χ0v) is 32.4. The highest BCUT2D eigenvalue weighted by atomic mass is 19.1. The van der Waals surface area contributed by atoms with Crippen LogP contribution in [0.4, 0.5) is 4.39 Å². The standard InChI is InChI=1S/C46H60FN3O3/c1-49(2)31-13-7-12-20-42-41-35-44(53-4)43(52-3)34-37(41)27-33-50(42)32-15-29-46(38-16-8-5-9-17-38,39-18-10-6-11-19-39)28-14-30-48-45(51)26-23-36-21-24-40(47)25-22-36/h5-6,8-11,16-19,21-22,24-25,34-35,42H,7,12-15,20,23,26-33H2,1-4H3,(H,48,51). The van der Waals surface area contributed by atoms with Gasteiger partial charge in [-0.05, 0) is 131 Å². The van der Waals surface area contributed by atoms with Gasteiger partial charge in [0.2, 0.25) is 5.91 Å². The number of unbranched alkanes of at least 4 members (excludes halogenated alkanes) is 2. The Morgan fingerprint density at radius 3 is 2.11 bits per heavy atom. The van der Waals surface area contributed by atoms with Crippen LogP contribution in [0, 0.1) is 5.82 Å². The molecular weight excluding hydrogens is 662 g/mol. The fourth-order valence-electron chi connectivity index (χ4n) is 8.21. The van der Waals surface area contributed by atoms with Gasteiger partial charge in [0, 0.05) is 31.0 Å². The minimum Gasteiger partial charge on any atom is -0.493 e. The van der Waals surface area contributed by atoms with Gasteiger partial charge in [0.1, 0.15) is 5.82 Å². The van der Waals surface area contributed by atoms with Gasteiger partial charge in [-0.25, -0.2) is 4.39 Å². The number of hydrogen-bond donors (Lipinski definition) is 1. The molecule has 0 fully saturated rings. The summed E-state index contributed by atoms with van der Waals surface area (Å²) in [6.45, 7) is 3.78. The normalized spacial score (nSPS) is 14.6. The molecule has 4 aromatic carbocycles. The maximum Gasteiger partial charge on any atom is 0.220 e. The molecule has 5 rings (SSSR count). The molecule has 4 aromatic rings. The molecule has 1 aliphatic heterocycles. The summed E-state index contributed by atoms with van der Waals surface area (Å²) in [6, 6.07) is 33.1. The van der Waals surface area contributed by atoms with Gasteiger partial charge < -0.3 is 19.7 Å². The van der Waals surface area contributed by atoms with Crippen molar-refractivity contribution in [3.8, 4) is 11.5 Å². The van der Waals surface area contributed by atoms with Crippen LogP contribution in [0.1, 0.15) is 91.6 Å². The molecule has 1 heterocycles. The number of halogens is 1. The van der Waals surface area contributed by atoms with E-state index in [1.807, 2.05) is 0 Å². The number of hydrogen-bond acceptors (Lipinski definition) is 5. The molecule has 0 spiro atoms. The summed E-state index contributed by atoms with van der Waals surface area (Å²) in [7, 11) is 7.75. The Bertz CT molecular complexity index is 1640. The number of carbonyl (C=O) groups is 1. The average Bonchev–Trinajstić information content (AvgIpc) is 3.18. The van der Waals surface area contributed by atoms with Crippen LogP contribution in [-0.2, 0) is 23.1 Å². The van der Waals surface area contributed by atoms with Crippen molar-refractivity contribution in [3.05, 3.63) is 131 Å². The molecule has 0 aromatic heterocycles. The van der Waals surface area contributed by atoms with Crippen molar-refractivity contribution >= 4 is 5.91 Å². The molecule has 0 saturated heterocycles. The first kappa shape index (κ1) is 40.0. The molecule has 0 saturated carbocycles. The first-order valence-corrected chi connectivity index (χ1v) is 19.6. The predicted molar refractivity (Wildman–Crippen MR) is 214 cm³/mol. The SMILES string of the molecule is COc1cc2c(cc1OC)C(CCCCCN(C)C)N(CCCC(CCCNC(=O)CCc1ccc(F)cc1)(c1ccccc1)c1ccccc1)CC2. The van der Waals surface area contributed by atoms with Crippen molar-refractivity contribution in [1.82, 2.24) is 15.1 Å². The number of methoxy groups -OCH3 is 2. The highest BCUT2D eigenvalue weighted by Gasteiger charge is 2.35. The van der Waals surface area contributed by atoms with E-state index in [1.165, 1.54) is 53.6 Å². The lowest BCUT2D eigenvalue weighted by Crippen LogP contribution is -2.37. The Labute approximate surface area is 317 Å². The summed E-state index contributed by atoms with van der Waals surface area (Å²) >= 11 is 0. The number of amides is 1. The van der Waals surface area contributed by atoms with Crippen LogP contribution in [0.2, 0.25) is 0 Å². The van der Waals surface area contributed by atoms with E-state index in [-0.39, 0.29) is 17.1 Å². The fraction of sp³-hybridized carbons (Fsp3) is 0.457. The molecule has 53 heavy (non-hydrogen) atoms. The van der Waals surface area contributed by atoms with Crippen LogP contribution in [0.3, 0.4) is 0 Å². The third-order valence-electron chi connectivity index (χ3n) is 11.1. The Morgan fingerprint density at radius 2 is 1.47 bits per heavy atom. The molecule has 1 unspecified atom stereocenters. The van der Waals surface area contributed by atoms with E-state index in [0.717, 1.165) is 75.2 Å². The molecule has 6 nitrogen and oxygen atoms in total. The monoisotopic (exact) mass is 721 g/mol. The largest absolute Gasteiger partial charge is 0.493 e. The van der Waals surface area contributed by atoms with Gasteiger partial charge in [0.15, 0.2) is 11.5 Å². The Kier molecular flexibility index (Phi) is 15.3. The molecule has 1 atom stereocenters. The van der Waals surface area contributed by atoms with Crippen LogP contribution in [0.15, 0.2) is 97.1 Å². The molecule has 284 valence electrons. The van der Waals surface area contributed by atoms with Gasteiger partial charge in [-0.3, -0.25) is 9.69 Å². The minimum absolute atomic E-state index is 0.0340. The molecular formula is C46H60FN3O3. The zero-order valence-electron chi connectivity index (χ0n) is 32.4. The van der Waals surface area contributed by atoms with Gasteiger partial charge >= 0.3 is 0 Å². The first-order chi connectivity index (χ1) is 25.8. The second kappa shape index (κ2) is 20.3. The molecule has 7 heteroatoms. The number of carbonyl (C=O) groups excluding carboxylic acids is 1. The van der Waals surface area contributed by atoms with Gasteiger partial charge in [-0.1, -0.05) is 85.6 Å². The Hall–Kier alpha value is -4.20. The van der Waals surface area contributed by atoms with Crippen molar-refractivity contribution in [1.29, 1.82) is 0 Å². The fourth-order valence-corrected chi connectivity index (χ4v) is 8.21. The second-order valence-electron chi connectivity index (χ2n) is 14.9. The van der Waals surface area contributed by atoms with Gasteiger partial charge in [-0.2, -0.15) is 0 Å². The second-order valence-corrected chi connectivity index (χ2v) is 14.9. The van der Waals surface area contributed by atoms with Gasteiger partial charge in [0.05, 0.1) is 14.2 Å². The van der Waals surface area contributed by atoms with E-state index >= 15 is 0 Å². The maximum atomic E-state index is 13.3. The molecule has 1 N–H and O–H groups in total. The highest BCUT2D eigenvalue weighted by molar-refractivity contribution is 5.76. The number of aryl methyl sites for hydroxylation is 1. The maximum absolute atomic E-state index is 13.3. The van der Waals surface area contributed by atoms with Crippen LogP contribution >= 0.6 is 0 Å². The number of benzene rings is 4. The summed E-state index contributed by atoms with van der Waals surface area (Å²) in [6.07, 6.45) is 10.6. The summed E-state index contributed by atoms with van der Waals surface area (Å²) in [5.74, 6) is 1.39. The van der Waals surface area contributed by atoms with Crippen LogP contribution < -0.4 is 14.8 Å². The predicted octanol–water partition coefficient (Wildman–Crippen LogP) is 9.16. The van der Waals surface area contributed by atoms with E-state index in [9.17, 15) is 9.18 Å². The van der Waals surface area contributed by atoms with Crippen LogP contribution in [0.5, 0.6) is 11.5 Å². The molecule has 1 aliphatic rings. The molecule has 0 radical (unpaired) electrons. The topological polar surface area (TPSA) is 54.0 Å². The average molecular weight is 722 g/mol. The molecule has 1 amide bonds. The van der Waals surface area contributed by atoms with Crippen molar-refractivity contribution in [3.63, 3.8) is 0 Å². The quantitative estimate of drug-likeness (QED) is 0.0871. The van der Waals surface area contributed by atoms with Gasteiger partial charge in [-0.15, -0.1) is 0 Å². The van der Waals surface area contributed by atoms with Crippen molar-refractivity contribution < 1.29 is 18.7 Å². The van der Waals surface area contributed by atoms with Crippen molar-refractivity contribution in [2.24, 2.45) is 0 Å². The molecule has 0 aliphatic carbocycles. The number of rotatable bonds is 21. The van der Waals surface area contributed by atoms with E-state index in [2.05, 4.69) is 102 Å². The summed E-state index contributed by atoms with van der Waals surface area (Å²) in [5.41, 5.74) is 6.19. The van der Waals surface area contributed by atoms with E-state index < -0.39 is 0 Å². The Morgan fingerprint density at radius 1 is 0.830 bits per heavy atom. The number of fused-ring (bicyclic) bond motifs is 1. The third-order valence-corrected chi connectivity index (χ3v) is 11.1. The number of nitrogens with zero attached hydrogens (tertiary/aromatic N) is 2. The van der Waals surface area contributed by atoms with Crippen LogP contribution in [0.25, 0.3) is 0 Å². The van der Waals surface area contributed by atoms with Crippen molar-refractivity contribution in [2.45, 2.75) is 82.1 Å².